The van der Waals surface area contributed by atoms with Crippen LogP contribution in [-0.2, 0) is 4.79 Å². The molecule has 1 saturated heterocycles. The molecule has 1 aromatic heterocycles. The third-order valence-electron chi connectivity index (χ3n) is 4.91. The van der Waals surface area contributed by atoms with E-state index in [9.17, 15) is 4.79 Å². The van der Waals surface area contributed by atoms with Crippen LogP contribution in [0.5, 0.6) is 0 Å². The highest BCUT2D eigenvalue weighted by Gasteiger charge is 2.17. The van der Waals surface area contributed by atoms with E-state index < -0.39 is 0 Å². The van der Waals surface area contributed by atoms with E-state index in [4.69, 9.17) is 4.98 Å². The molecular formula is C20H28N4O. The highest BCUT2D eigenvalue weighted by molar-refractivity contribution is 5.94. The van der Waals surface area contributed by atoms with Crippen molar-refractivity contribution >= 4 is 28.3 Å². The van der Waals surface area contributed by atoms with Crippen LogP contribution < -0.4 is 10.2 Å². The van der Waals surface area contributed by atoms with E-state index in [1.165, 1.54) is 5.56 Å². The van der Waals surface area contributed by atoms with Crippen LogP contribution >= 0.6 is 0 Å². The van der Waals surface area contributed by atoms with Gasteiger partial charge in [-0.25, -0.2) is 4.98 Å². The maximum absolute atomic E-state index is 11.8. The van der Waals surface area contributed by atoms with Crippen LogP contribution in [0, 0.1) is 6.92 Å². The largest absolute Gasteiger partial charge is 0.354 e. The third kappa shape index (κ3) is 4.10. The first-order valence-electron chi connectivity index (χ1n) is 9.29. The number of benzene rings is 1. The molecule has 1 fully saturated rings. The van der Waals surface area contributed by atoms with E-state index in [-0.39, 0.29) is 5.91 Å². The number of fused-ring (bicyclic) bond motifs is 1. The lowest BCUT2D eigenvalue weighted by Gasteiger charge is -2.35. The summed E-state index contributed by atoms with van der Waals surface area (Å²) in [7, 11) is 0. The number of rotatable bonds is 5. The van der Waals surface area contributed by atoms with Gasteiger partial charge in [0.2, 0.25) is 5.91 Å². The second-order valence-corrected chi connectivity index (χ2v) is 6.75. The molecule has 0 atom stereocenters. The second kappa shape index (κ2) is 7.83. The molecule has 25 heavy (non-hydrogen) atoms. The molecule has 3 rings (SSSR count). The van der Waals surface area contributed by atoms with Crippen molar-refractivity contribution in [1.29, 1.82) is 0 Å². The molecule has 2 aromatic rings. The monoisotopic (exact) mass is 340 g/mol. The van der Waals surface area contributed by atoms with Crippen molar-refractivity contribution < 1.29 is 4.79 Å². The van der Waals surface area contributed by atoms with Crippen molar-refractivity contribution in [2.24, 2.45) is 0 Å². The summed E-state index contributed by atoms with van der Waals surface area (Å²) >= 11 is 0. The Hall–Kier alpha value is -2.14. The van der Waals surface area contributed by atoms with E-state index in [1.807, 2.05) is 25.1 Å². The Morgan fingerprint density at radius 2 is 1.92 bits per heavy atom. The third-order valence-corrected chi connectivity index (χ3v) is 4.91. The van der Waals surface area contributed by atoms with Gasteiger partial charge in [-0.3, -0.25) is 4.79 Å². The smallest absolute Gasteiger partial charge is 0.224 e. The van der Waals surface area contributed by atoms with E-state index in [0.29, 0.717) is 6.42 Å². The normalized spacial score (nSPS) is 15.6. The average Bonchev–Trinajstić information content (AvgIpc) is 2.62. The Balaban J connectivity index is 1.81. The molecule has 0 unspecified atom stereocenters. The minimum atomic E-state index is 0.0675. The number of piperazine rings is 1. The summed E-state index contributed by atoms with van der Waals surface area (Å²) < 4.78 is 0. The SMILES string of the molecule is CCCC(=O)Nc1ccc2nc(N3CCN(CC)CC3)cc(C)c2c1. The Morgan fingerprint density at radius 3 is 2.60 bits per heavy atom. The van der Waals surface area contributed by atoms with Gasteiger partial charge in [0.05, 0.1) is 5.52 Å². The quantitative estimate of drug-likeness (QED) is 0.906. The summed E-state index contributed by atoms with van der Waals surface area (Å²) in [5, 5.41) is 4.07. The van der Waals surface area contributed by atoms with Gasteiger partial charge in [-0.1, -0.05) is 13.8 Å². The van der Waals surface area contributed by atoms with E-state index in [2.05, 4.69) is 35.0 Å². The molecule has 0 aliphatic carbocycles. The zero-order valence-corrected chi connectivity index (χ0v) is 15.5. The van der Waals surface area contributed by atoms with Gasteiger partial charge in [-0.2, -0.15) is 0 Å². The molecule has 2 heterocycles. The first-order chi connectivity index (χ1) is 12.1. The van der Waals surface area contributed by atoms with E-state index in [1.54, 1.807) is 0 Å². The second-order valence-electron chi connectivity index (χ2n) is 6.75. The number of amides is 1. The lowest BCUT2D eigenvalue weighted by atomic mass is 10.1. The fourth-order valence-corrected chi connectivity index (χ4v) is 3.36. The maximum Gasteiger partial charge on any atom is 0.224 e. The van der Waals surface area contributed by atoms with Gasteiger partial charge < -0.3 is 15.1 Å². The van der Waals surface area contributed by atoms with Gasteiger partial charge in [-0.15, -0.1) is 0 Å². The van der Waals surface area contributed by atoms with E-state index >= 15 is 0 Å². The molecule has 1 aliphatic rings. The standard InChI is InChI=1S/C20H28N4O/c1-4-6-20(25)21-16-7-8-18-17(14-16)15(3)13-19(22-18)24-11-9-23(5-2)10-12-24/h7-8,13-14H,4-6,9-12H2,1-3H3,(H,21,25). The molecule has 5 nitrogen and oxygen atoms in total. The van der Waals surface area contributed by atoms with Gasteiger partial charge >= 0.3 is 0 Å². The zero-order valence-electron chi connectivity index (χ0n) is 15.5. The van der Waals surface area contributed by atoms with Crippen molar-refractivity contribution in [3.8, 4) is 0 Å². The number of aromatic nitrogens is 1. The van der Waals surface area contributed by atoms with Crippen molar-refractivity contribution in [1.82, 2.24) is 9.88 Å². The Bertz CT molecular complexity index is 751. The average molecular weight is 340 g/mol. The van der Waals surface area contributed by atoms with Crippen LogP contribution in [-0.4, -0.2) is 48.5 Å². The minimum absolute atomic E-state index is 0.0675. The molecule has 0 spiro atoms. The minimum Gasteiger partial charge on any atom is -0.354 e. The predicted molar refractivity (Wildman–Crippen MR) is 104 cm³/mol. The molecule has 0 radical (unpaired) electrons. The number of nitrogens with zero attached hydrogens (tertiary/aromatic N) is 3. The number of carbonyl (C=O) groups is 1. The van der Waals surface area contributed by atoms with Crippen LogP contribution in [0.3, 0.4) is 0 Å². The van der Waals surface area contributed by atoms with Crippen LogP contribution in [0.1, 0.15) is 32.3 Å². The van der Waals surface area contributed by atoms with Crippen molar-refractivity contribution in [3.63, 3.8) is 0 Å². The van der Waals surface area contributed by atoms with Crippen molar-refractivity contribution in [2.75, 3.05) is 42.9 Å². The summed E-state index contributed by atoms with van der Waals surface area (Å²) in [5.41, 5.74) is 3.03. The molecule has 0 bridgehead atoms. The van der Waals surface area contributed by atoms with Gasteiger partial charge in [0.25, 0.3) is 0 Å². The summed E-state index contributed by atoms with van der Waals surface area (Å²) in [5.74, 6) is 1.13. The Labute approximate surface area is 150 Å². The molecule has 134 valence electrons. The molecule has 1 aliphatic heterocycles. The first-order valence-corrected chi connectivity index (χ1v) is 9.29. The molecule has 5 heteroatoms. The Kier molecular flexibility index (Phi) is 5.53. The number of pyridine rings is 1. The van der Waals surface area contributed by atoms with Crippen molar-refractivity contribution in [3.05, 3.63) is 29.8 Å². The number of likely N-dealkylation sites (N-methyl/N-ethyl adjacent to an activating group) is 1. The predicted octanol–water partition coefficient (Wildman–Crippen LogP) is 3.42. The summed E-state index contributed by atoms with van der Waals surface area (Å²) in [6.07, 6.45) is 1.41. The zero-order chi connectivity index (χ0) is 17.8. The molecule has 0 saturated carbocycles. The molecule has 1 aromatic carbocycles. The lowest BCUT2D eigenvalue weighted by molar-refractivity contribution is -0.116. The number of carbonyl (C=O) groups excluding carboxylic acids is 1. The first kappa shape index (κ1) is 17.7. The molecular weight excluding hydrogens is 312 g/mol. The topological polar surface area (TPSA) is 48.5 Å². The van der Waals surface area contributed by atoms with Crippen LogP contribution in [0.4, 0.5) is 11.5 Å². The number of anilines is 2. The van der Waals surface area contributed by atoms with E-state index in [0.717, 1.165) is 61.6 Å². The van der Waals surface area contributed by atoms with Crippen LogP contribution in [0.15, 0.2) is 24.3 Å². The summed E-state index contributed by atoms with van der Waals surface area (Å²) in [6, 6.07) is 8.16. The number of hydrogen-bond donors (Lipinski definition) is 1. The molecule has 1 amide bonds. The van der Waals surface area contributed by atoms with Crippen LogP contribution in [0.2, 0.25) is 0 Å². The number of aryl methyl sites for hydroxylation is 1. The van der Waals surface area contributed by atoms with Crippen molar-refractivity contribution in [2.45, 2.75) is 33.6 Å². The fourth-order valence-electron chi connectivity index (χ4n) is 3.36. The van der Waals surface area contributed by atoms with Gasteiger partial charge in [0, 0.05) is 43.7 Å². The molecule has 1 N–H and O–H groups in total. The number of hydrogen-bond acceptors (Lipinski definition) is 4. The highest BCUT2D eigenvalue weighted by atomic mass is 16.1. The maximum atomic E-state index is 11.8. The summed E-state index contributed by atoms with van der Waals surface area (Å²) in [6.45, 7) is 11.7. The van der Waals surface area contributed by atoms with Gasteiger partial charge in [0.15, 0.2) is 0 Å². The van der Waals surface area contributed by atoms with Gasteiger partial charge in [0.1, 0.15) is 5.82 Å². The fraction of sp³-hybridized carbons (Fsp3) is 0.500. The van der Waals surface area contributed by atoms with Gasteiger partial charge in [-0.05, 0) is 49.7 Å². The number of nitrogens with one attached hydrogen (secondary N) is 1. The lowest BCUT2D eigenvalue weighted by Crippen LogP contribution is -2.46. The van der Waals surface area contributed by atoms with Crippen LogP contribution in [0.25, 0.3) is 10.9 Å². The highest BCUT2D eigenvalue weighted by Crippen LogP contribution is 2.26. The summed E-state index contributed by atoms with van der Waals surface area (Å²) in [4.78, 5) is 21.5. The Morgan fingerprint density at radius 1 is 1.16 bits per heavy atom.